The van der Waals surface area contributed by atoms with Gasteiger partial charge in [-0.2, -0.15) is 13.2 Å². The quantitative estimate of drug-likeness (QED) is 0.531. The maximum Gasteiger partial charge on any atom is 0.490 e. The van der Waals surface area contributed by atoms with Gasteiger partial charge in [0.1, 0.15) is 11.5 Å². The highest BCUT2D eigenvalue weighted by Gasteiger charge is 2.38. The first-order chi connectivity index (χ1) is 16.1. The zero-order valence-electron chi connectivity index (χ0n) is 18.6. The standard InChI is InChI=1S/C21H23FN4O.C2HF3O2/c1-14(23-12-16-3-4-18-13-27-10-9-17(18)11-16)21-15(2)26(25-24-21)20-7-5-19(22)6-8-20;3-2(4,5)1(6)7/h3-8,11,14,23H,9-10,12-13H2,1-2H3;(H,6,7). The Balaban J connectivity index is 0.000000406. The molecule has 0 saturated carbocycles. The molecule has 2 aromatic carbocycles. The molecule has 2 N–H and O–H groups in total. The van der Waals surface area contributed by atoms with Crippen LogP contribution in [-0.4, -0.2) is 38.9 Å². The SMILES string of the molecule is Cc1c(C(C)NCc2ccc3c(c2)CCOC3)nnn1-c1ccc(F)cc1.O=C(O)C(F)(F)F. The number of benzene rings is 2. The number of nitrogens with one attached hydrogen (secondary N) is 1. The molecule has 7 nitrogen and oxygen atoms in total. The number of nitrogens with zero attached hydrogens (tertiary/aromatic N) is 3. The zero-order chi connectivity index (χ0) is 24.9. The number of carbonyl (C=O) groups is 1. The Hall–Kier alpha value is -3.31. The molecule has 34 heavy (non-hydrogen) atoms. The molecule has 182 valence electrons. The number of carboxylic acid groups (broad SMARTS) is 1. The number of fused-ring (bicyclic) bond motifs is 1. The van der Waals surface area contributed by atoms with Gasteiger partial charge in [0.2, 0.25) is 0 Å². The van der Waals surface area contributed by atoms with E-state index in [2.05, 4.69) is 40.8 Å². The largest absolute Gasteiger partial charge is 0.490 e. The minimum Gasteiger partial charge on any atom is -0.475 e. The van der Waals surface area contributed by atoms with Crippen LogP contribution in [0.4, 0.5) is 17.6 Å². The molecule has 0 bridgehead atoms. The monoisotopic (exact) mass is 480 g/mol. The molecule has 1 unspecified atom stereocenters. The van der Waals surface area contributed by atoms with Crippen LogP contribution < -0.4 is 5.32 Å². The predicted molar refractivity (Wildman–Crippen MR) is 115 cm³/mol. The first-order valence-electron chi connectivity index (χ1n) is 10.5. The van der Waals surface area contributed by atoms with Crippen molar-refractivity contribution in [1.29, 1.82) is 0 Å². The predicted octanol–water partition coefficient (Wildman–Crippen LogP) is 4.27. The zero-order valence-corrected chi connectivity index (χ0v) is 18.6. The van der Waals surface area contributed by atoms with E-state index in [4.69, 9.17) is 14.6 Å². The van der Waals surface area contributed by atoms with E-state index in [1.165, 1.54) is 28.8 Å². The average molecular weight is 480 g/mol. The summed E-state index contributed by atoms with van der Waals surface area (Å²) in [6.07, 6.45) is -4.11. The second-order valence-electron chi connectivity index (χ2n) is 7.76. The first kappa shape index (κ1) is 25.3. The normalized spacial score (nSPS) is 14.1. The molecule has 4 rings (SSSR count). The lowest BCUT2D eigenvalue weighted by Gasteiger charge is -2.18. The van der Waals surface area contributed by atoms with Crippen LogP contribution in [0.1, 0.15) is 41.0 Å². The third-order valence-corrected chi connectivity index (χ3v) is 5.31. The minimum absolute atomic E-state index is 0.0542. The van der Waals surface area contributed by atoms with Crippen molar-refractivity contribution in [2.75, 3.05) is 6.61 Å². The van der Waals surface area contributed by atoms with Crippen molar-refractivity contribution in [3.8, 4) is 5.69 Å². The van der Waals surface area contributed by atoms with Gasteiger partial charge in [0.05, 0.1) is 30.6 Å². The smallest absolute Gasteiger partial charge is 0.475 e. The Labute approximate surface area is 193 Å². The van der Waals surface area contributed by atoms with Crippen molar-refractivity contribution in [2.45, 2.75) is 45.6 Å². The average Bonchev–Trinajstić information content (AvgIpc) is 3.19. The van der Waals surface area contributed by atoms with Crippen molar-refractivity contribution < 1.29 is 32.2 Å². The van der Waals surface area contributed by atoms with Gasteiger partial charge in [0, 0.05) is 6.54 Å². The maximum atomic E-state index is 13.1. The lowest BCUT2D eigenvalue weighted by atomic mass is 10.00. The minimum atomic E-state index is -5.08. The van der Waals surface area contributed by atoms with E-state index in [0.717, 1.165) is 36.6 Å². The fourth-order valence-electron chi connectivity index (χ4n) is 3.46. The number of ether oxygens (including phenoxy) is 1. The molecule has 1 aromatic heterocycles. The molecular formula is C23H24F4N4O3. The Morgan fingerprint density at radius 1 is 1.21 bits per heavy atom. The van der Waals surface area contributed by atoms with Crippen LogP contribution in [0.2, 0.25) is 0 Å². The summed E-state index contributed by atoms with van der Waals surface area (Å²) in [6.45, 7) is 6.34. The van der Waals surface area contributed by atoms with E-state index in [9.17, 15) is 17.6 Å². The molecule has 0 aliphatic carbocycles. The van der Waals surface area contributed by atoms with Crippen LogP contribution in [0.15, 0.2) is 42.5 Å². The molecular weight excluding hydrogens is 456 g/mol. The van der Waals surface area contributed by atoms with Crippen molar-refractivity contribution in [2.24, 2.45) is 0 Å². The van der Waals surface area contributed by atoms with Crippen LogP contribution in [0.3, 0.4) is 0 Å². The van der Waals surface area contributed by atoms with E-state index in [-0.39, 0.29) is 11.9 Å². The Kier molecular flexibility index (Phi) is 8.00. The third-order valence-electron chi connectivity index (χ3n) is 5.31. The summed E-state index contributed by atoms with van der Waals surface area (Å²) in [7, 11) is 0. The highest BCUT2D eigenvalue weighted by Crippen LogP contribution is 2.21. The Morgan fingerprint density at radius 2 is 1.88 bits per heavy atom. The second-order valence-corrected chi connectivity index (χ2v) is 7.76. The van der Waals surface area contributed by atoms with Crippen molar-refractivity contribution in [3.05, 3.63) is 76.4 Å². The summed E-state index contributed by atoms with van der Waals surface area (Å²) < 4.78 is 52.1. The van der Waals surface area contributed by atoms with Crippen molar-refractivity contribution in [1.82, 2.24) is 20.3 Å². The molecule has 0 saturated heterocycles. The van der Waals surface area contributed by atoms with Gasteiger partial charge in [-0.25, -0.2) is 13.9 Å². The fourth-order valence-corrected chi connectivity index (χ4v) is 3.46. The number of rotatable bonds is 5. The number of carboxylic acids is 1. The number of aromatic nitrogens is 3. The van der Waals surface area contributed by atoms with Gasteiger partial charge >= 0.3 is 12.1 Å². The summed E-state index contributed by atoms with van der Waals surface area (Å²) in [5, 5.41) is 19.2. The van der Waals surface area contributed by atoms with Crippen LogP contribution in [0.5, 0.6) is 0 Å². The first-order valence-corrected chi connectivity index (χ1v) is 10.5. The summed E-state index contributed by atoms with van der Waals surface area (Å²) >= 11 is 0. The maximum absolute atomic E-state index is 13.1. The molecule has 0 fully saturated rings. The molecule has 2 heterocycles. The molecule has 3 aromatic rings. The summed E-state index contributed by atoms with van der Waals surface area (Å²) in [4.78, 5) is 8.90. The molecule has 0 radical (unpaired) electrons. The van der Waals surface area contributed by atoms with E-state index in [1.54, 1.807) is 16.8 Å². The number of hydrogen-bond donors (Lipinski definition) is 2. The van der Waals surface area contributed by atoms with Gasteiger partial charge in [-0.05, 0) is 61.2 Å². The second kappa shape index (κ2) is 10.7. The molecule has 1 atom stereocenters. The molecule has 0 amide bonds. The van der Waals surface area contributed by atoms with Crippen LogP contribution in [0.25, 0.3) is 5.69 Å². The van der Waals surface area contributed by atoms with E-state index >= 15 is 0 Å². The van der Waals surface area contributed by atoms with E-state index in [1.807, 2.05) is 6.92 Å². The van der Waals surface area contributed by atoms with Gasteiger partial charge in [-0.1, -0.05) is 23.4 Å². The molecule has 11 heteroatoms. The van der Waals surface area contributed by atoms with Gasteiger partial charge in [0.15, 0.2) is 0 Å². The Morgan fingerprint density at radius 3 is 2.53 bits per heavy atom. The number of halogens is 4. The number of aliphatic carboxylic acids is 1. The Bertz CT molecular complexity index is 1130. The van der Waals surface area contributed by atoms with Gasteiger partial charge in [0.25, 0.3) is 0 Å². The molecule has 1 aliphatic rings. The van der Waals surface area contributed by atoms with Crippen LogP contribution in [0, 0.1) is 12.7 Å². The van der Waals surface area contributed by atoms with Crippen molar-refractivity contribution >= 4 is 5.97 Å². The summed E-state index contributed by atoms with van der Waals surface area (Å²) in [5.74, 6) is -3.02. The molecule has 0 spiro atoms. The molecule has 1 aliphatic heterocycles. The topological polar surface area (TPSA) is 89.3 Å². The van der Waals surface area contributed by atoms with Crippen molar-refractivity contribution in [3.63, 3.8) is 0 Å². The lowest BCUT2D eigenvalue weighted by Crippen LogP contribution is -2.21. The van der Waals surface area contributed by atoms with E-state index < -0.39 is 12.1 Å². The van der Waals surface area contributed by atoms with Gasteiger partial charge in [-0.3, -0.25) is 0 Å². The number of hydrogen-bond acceptors (Lipinski definition) is 5. The summed E-state index contributed by atoms with van der Waals surface area (Å²) in [5.41, 5.74) is 6.57. The van der Waals surface area contributed by atoms with Crippen LogP contribution >= 0.6 is 0 Å². The fraction of sp³-hybridized carbons (Fsp3) is 0.348. The van der Waals surface area contributed by atoms with Gasteiger partial charge < -0.3 is 15.2 Å². The van der Waals surface area contributed by atoms with Crippen LogP contribution in [-0.2, 0) is 29.1 Å². The highest BCUT2D eigenvalue weighted by molar-refractivity contribution is 5.73. The van der Waals surface area contributed by atoms with Gasteiger partial charge in [-0.15, -0.1) is 5.10 Å². The lowest BCUT2D eigenvalue weighted by molar-refractivity contribution is -0.192. The number of alkyl halides is 3. The highest BCUT2D eigenvalue weighted by atomic mass is 19.4. The van der Waals surface area contributed by atoms with E-state index in [0.29, 0.717) is 6.61 Å². The third kappa shape index (κ3) is 6.39. The summed E-state index contributed by atoms with van der Waals surface area (Å²) in [6, 6.07) is 12.9.